The molecule has 0 saturated carbocycles. The molecule has 0 amide bonds. The minimum Gasteiger partial charge on any atom is -0.362 e. The summed E-state index contributed by atoms with van der Waals surface area (Å²) < 4.78 is 0. The molecule has 1 aromatic carbocycles. The van der Waals surface area contributed by atoms with Gasteiger partial charge in [0.15, 0.2) is 0 Å². The van der Waals surface area contributed by atoms with Crippen LogP contribution in [0, 0.1) is 6.92 Å². The highest BCUT2D eigenvalue weighted by Crippen LogP contribution is 2.27. The molecule has 0 bridgehead atoms. The Bertz CT molecular complexity index is 810. The number of hydrogen-bond donors (Lipinski definition) is 0. The van der Waals surface area contributed by atoms with Crippen molar-refractivity contribution in [3.05, 3.63) is 52.1 Å². The van der Waals surface area contributed by atoms with Gasteiger partial charge in [-0.3, -0.25) is 4.90 Å². The van der Waals surface area contributed by atoms with Crippen molar-refractivity contribution >= 4 is 27.9 Å². The van der Waals surface area contributed by atoms with E-state index < -0.39 is 0 Å². The molecule has 0 unspecified atom stereocenters. The average Bonchev–Trinajstić information content (AvgIpc) is 2.92. The summed E-state index contributed by atoms with van der Waals surface area (Å²) in [5, 5.41) is 3.60. The Kier molecular flexibility index (Phi) is 4.59. The predicted octanol–water partition coefficient (Wildman–Crippen LogP) is 3.70. The predicted molar refractivity (Wildman–Crippen MR) is 98.1 cm³/mol. The molecule has 0 saturated heterocycles. The van der Waals surface area contributed by atoms with Gasteiger partial charge in [-0.15, -0.1) is 11.3 Å². The molecule has 3 aromatic rings. The zero-order chi connectivity index (χ0) is 16.4. The monoisotopic (exact) mass is 326 g/mol. The summed E-state index contributed by atoms with van der Waals surface area (Å²) in [4.78, 5) is 14.7. The first-order valence-electron chi connectivity index (χ1n) is 7.68. The van der Waals surface area contributed by atoms with Crippen molar-refractivity contribution in [2.24, 2.45) is 0 Å². The number of hydrogen-bond acceptors (Lipinski definition) is 5. The van der Waals surface area contributed by atoms with E-state index in [9.17, 15) is 0 Å². The number of benzene rings is 1. The molecule has 0 spiro atoms. The SMILES string of the molecule is Cc1ncc(CN(C)Cc2cnc(N(C)C)c3ccccc23)s1. The molecule has 120 valence electrons. The van der Waals surface area contributed by atoms with E-state index in [1.807, 2.05) is 33.4 Å². The van der Waals surface area contributed by atoms with Crippen molar-refractivity contribution in [3.8, 4) is 0 Å². The number of aromatic nitrogens is 2. The molecule has 5 heteroatoms. The number of nitrogens with zero attached hydrogens (tertiary/aromatic N) is 4. The Morgan fingerprint density at radius 2 is 1.70 bits per heavy atom. The topological polar surface area (TPSA) is 32.3 Å². The van der Waals surface area contributed by atoms with Crippen LogP contribution in [0.2, 0.25) is 0 Å². The minimum atomic E-state index is 0.873. The third-order valence-electron chi connectivity index (χ3n) is 3.82. The smallest absolute Gasteiger partial charge is 0.135 e. The second-order valence-electron chi connectivity index (χ2n) is 6.06. The molecule has 0 N–H and O–H groups in total. The zero-order valence-corrected chi connectivity index (χ0v) is 14.9. The van der Waals surface area contributed by atoms with E-state index in [2.05, 4.69) is 51.1 Å². The third-order valence-corrected chi connectivity index (χ3v) is 4.71. The first-order chi connectivity index (χ1) is 11.0. The van der Waals surface area contributed by atoms with Gasteiger partial charge in [-0.2, -0.15) is 0 Å². The van der Waals surface area contributed by atoms with Gasteiger partial charge in [0.05, 0.1) is 5.01 Å². The van der Waals surface area contributed by atoms with Gasteiger partial charge in [-0.25, -0.2) is 9.97 Å². The van der Waals surface area contributed by atoms with Crippen molar-refractivity contribution in [3.63, 3.8) is 0 Å². The number of thiazole rings is 1. The number of rotatable bonds is 5. The van der Waals surface area contributed by atoms with Crippen LogP contribution in [0.1, 0.15) is 15.4 Å². The molecule has 23 heavy (non-hydrogen) atoms. The molecule has 0 atom stereocenters. The minimum absolute atomic E-state index is 0.873. The van der Waals surface area contributed by atoms with Crippen molar-refractivity contribution in [1.82, 2.24) is 14.9 Å². The van der Waals surface area contributed by atoms with Crippen LogP contribution in [0.5, 0.6) is 0 Å². The molecule has 4 nitrogen and oxygen atoms in total. The first-order valence-corrected chi connectivity index (χ1v) is 8.50. The number of pyridine rings is 1. The van der Waals surface area contributed by atoms with E-state index in [0.29, 0.717) is 0 Å². The van der Waals surface area contributed by atoms with Gasteiger partial charge < -0.3 is 4.90 Å². The second-order valence-corrected chi connectivity index (χ2v) is 7.38. The van der Waals surface area contributed by atoms with Crippen LogP contribution in [-0.4, -0.2) is 36.0 Å². The standard InChI is InChI=1S/C18H22N4S/c1-13-19-10-15(23-13)12-22(4)11-14-9-20-18(21(2)3)17-8-6-5-7-16(14)17/h5-10H,11-12H2,1-4H3. The lowest BCUT2D eigenvalue weighted by Gasteiger charge is -2.19. The van der Waals surface area contributed by atoms with Crippen LogP contribution < -0.4 is 4.90 Å². The van der Waals surface area contributed by atoms with E-state index in [-0.39, 0.29) is 0 Å². The fourth-order valence-corrected chi connectivity index (χ4v) is 3.68. The van der Waals surface area contributed by atoms with Crippen LogP contribution in [0.15, 0.2) is 36.7 Å². The normalized spacial score (nSPS) is 11.3. The summed E-state index contributed by atoms with van der Waals surface area (Å²) in [7, 11) is 6.21. The van der Waals surface area contributed by atoms with Crippen LogP contribution in [0.4, 0.5) is 5.82 Å². The van der Waals surface area contributed by atoms with Gasteiger partial charge >= 0.3 is 0 Å². The van der Waals surface area contributed by atoms with Gasteiger partial charge in [0.2, 0.25) is 0 Å². The highest BCUT2D eigenvalue weighted by molar-refractivity contribution is 7.11. The molecular formula is C18H22N4S. The third kappa shape index (κ3) is 3.51. The Morgan fingerprint density at radius 3 is 2.35 bits per heavy atom. The second kappa shape index (κ2) is 6.64. The lowest BCUT2D eigenvalue weighted by atomic mass is 10.1. The number of fused-ring (bicyclic) bond motifs is 1. The maximum atomic E-state index is 4.66. The molecule has 3 rings (SSSR count). The van der Waals surface area contributed by atoms with Crippen LogP contribution in [0.25, 0.3) is 10.8 Å². The lowest BCUT2D eigenvalue weighted by Crippen LogP contribution is -2.18. The Balaban J connectivity index is 1.87. The average molecular weight is 326 g/mol. The largest absolute Gasteiger partial charge is 0.362 e. The van der Waals surface area contributed by atoms with Gasteiger partial charge in [-0.05, 0) is 24.9 Å². The van der Waals surface area contributed by atoms with Gasteiger partial charge in [0, 0.05) is 49.8 Å². The summed E-state index contributed by atoms with van der Waals surface area (Å²) in [6.45, 7) is 3.83. The summed E-state index contributed by atoms with van der Waals surface area (Å²) in [5.41, 5.74) is 1.26. The van der Waals surface area contributed by atoms with E-state index >= 15 is 0 Å². The number of anilines is 1. The van der Waals surface area contributed by atoms with Crippen molar-refractivity contribution in [2.45, 2.75) is 20.0 Å². The van der Waals surface area contributed by atoms with E-state index in [0.717, 1.165) is 23.9 Å². The number of aryl methyl sites for hydroxylation is 1. The highest BCUT2D eigenvalue weighted by Gasteiger charge is 2.11. The Hall–Kier alpha value is -1.98. The fourth-order valence-electron chi connectivity index (χ4n) is 2.81. The highest BCUT2D eigenvalue weighted by atomic mass is 32.1. The van der Waals surface area contributed by atoms with Crippen molar-refractivity contribution in [1.29, 1.82) is 0 Å². The fraction of sp³-hybridized carbons (Fsp3) is 0.333. The Labute approximate surface area is 141 Å². The molecule has 2 heterocycles. The van der Waals surface area contributed by atoms with E-state index in [1.54, 1.807) is 11.3 Å². The van der Waals surface area contributed by atoms with Gasteiger partial charge in [0.1, 0.15) is 5.82 Å². The maximum absolute atomic E-state index is 4.66. The first kappa shape index (κ1) is 15.9. The molecule has 0 aliphatic rings. The molecule has 2 aromatic heterocycles. The molecule has 0 fully saturated rings. The van der Waals surface area contributed by atoms with Crippen LogP contribution in [0.3, 0.4) is 0 Å². The zero-order valence-electron chi connectivity index (χ0n) is 14.1. The lowest BCUT2D eigenvalue weighted by molar-refractivity contribution is 0.322. The summed E-state index contributed by atoms with van der Waals surface area (Å²) in [5.74, 6) is 1.02. The van der Waals surface area contributed by atoms with Crippen molar-refractivity contribution < 1.29 is 0 Å². The van der Waals surface area contributed by atoms with E-state index in [4.69, 9.17) is 0 Å². The van der Waals surface area contributed by atoms with Crippen LogP contribution in [-0.2, 0) is 13.1 Å². The molecule has 0 aliphatic heterocycles. The summed E-state index contributed by atoms with van der Waals surface area (Å²) >= 11 is 1.76. The summed E-state index contributed by atoms with van der Waals surface area (Å²) in [6, 6.07) is 8.50. The van der Waals surface area contributed by atoms with Crippen LogP contribution >= 0.6 is 11.3 Å². The Morgan fingerprint density at radius 1 is 0.957 bits per heavy atom. The van der Waals surface area contributed by atoms with Gasteiger partial charge in [0.25, 0.3) is 0 Å². The van der Waals surface area contributed by atoms with Gasteiger partial charge in [-0.1, -0.05) is 24.3 Å². The molecule has 0 aliphatic carbocycles. The van der Waals surface area contributed by atoms with E-state index in [1.165, 1.54) is 21.2 Å². The summed E-state index contributed by atoms with van der Waals surface area (Å²) in [6.07, 6.45) is 3.98. The van der Waals surface area contributed by atoms with Crippen molar-refractivity contribution in [2.75, 3.05) is 26.0 Å². The quantitative estimate of drug-likeness (QED) is 0.716. The molecular weight excluding hydrogens is 304 g/mol. The maximum Gasteiger partial charge on any atom is 0.135 e. The molecule has 0 radical (unpaired) electrons.